The highest BCUT2D eigenvalue weighted by molar-refractivity contribution is 8.04. The Bertz CT molecular complexity index is 646. The third kappa shape index (κ3) is 4.82. The van der Waals surface area contributed by atoms with Gasteiger partial charge in [-0.15, -0.1) is 10.2 Å². The van der Waals surface area contributed by atoms with E-state index in [1.54, 1.807) is 19.1 Å². The van der Waals surface area contributed by atoms with Crippen LogP contribution in [0.1, 0.15) is 17.3 Å². The average molecular weight is 354 g/mol. The number of ether oxygens (including phenoxy) is 1. The summed E-state index contributed by atoms with van der Waals surface area (Å²) in [4.78, 5) is 23.4. The summed E-state index contributed by atoms with van der Waals surface area (Å²) in [5, 5.41) is 7.71. The topological polar surface area (TPSA) is 69.2 Å². The first-order valence-electron chi connectivity index (χ1n) is 6.39. The molecule has 8 heteroatoms. The van der Waals surface area contributed by atoms with E-state index in [2.05, 4.69) is 14.9 Å². The van der Waals surface area contributed by atoms with Gasteiger partial charge in [0.25, 0.3) is 0 Å². The van der Waals surface area contributed by atoms with Gasteiger partial charge in [0.2, 0.25) is 0 Å². The van der Waals surface area contributed by atoms with E-state index in [1.165, 1.54) is 42.0 Å². The zero-order chi connectivity index (χ0) is 15.9. The maximum atomic E-state index is 12.0. The number of thioether (sulfide) groups is 2. The number of ketones is 1. The monoisotopic (exact) mass is 354 g/mol. The summed E-state index contributed by atoms with van der Waals surface area (Å²) in [5.74, 6) is 0.0714. The molecule has 0 unspecified atom stereocenters. The summed E-state index contributed by atoms with van der Waals surface area (Å²) < 4.78 is 6.07. The molecule has 0 aliphatic rings. The quantitative estimate of drug-likeness (QED) is 0.430. The summed E-state index contributed by atoms with van der Waals surface area (Å²) in [6.45, 7) is 1.75. The lowest BCUT2D eigenvalue weighted by molar-refractivity contribution is -0.139. The van der Waals surface area contributed by atoms with Crippen LogP contribution in [0.5, 0.6) is 0 Å². The Morgan fingerprint density at radius 3 is 2.59 bits per heavy atom. The molecule has 0 bridgehead atoms. The first kappa shape index (κ1) is 17.0. The fraction of sp³-hybridized carbons (Fsp3) is 0.286. The Balaban J connectivity index is 1.87. The first-order chi connectivity index (χ1) is 10.6. The van der Waals surface area contributed by atoms with Crippen molar-refractivity contribution in [1.29, 1.82) is 0 Å². The highest BCUT2D eigenvalue weighted by Gasteiger charge is 2.18. The SMILES string of the molecule is COC(=O)[C@H](C)Sc1nnc(SCC(=O)c2ccccc2)s1. The van der Waals surface area contributed by atoms with Gasteiger partial charge < -0.3 is 4.74 Å². The van der Waals surface area contributed by atoms with Gasteiger partial charge in [-0.25, -0.2) is 0 Å². The zero-order valence-corrected chi connectivity index (χ0v) is 14.5. The standard InChI is InChI=1S/C14H14N2O3S3/c1-9(12(18)19-2)21-14-16-15-13(22-14)20-8-11(17)10-6-4-3-5-7-10/h3-7,9H,8H2,1-2H3/t9-/m0/s1. The zero-order valence-electron chi connectivity index (χ0n) is 12.0. The fourth-order valence-corrected chi connectivity index (χ4v) is 4.59. The number of hydrogen-bond donors (Lipinski definition) is 0. The van der Waals surface area contributed by atoms with Crippen LogP contribution in [0.2, 0.25) is 0 Å². The molecule has 0 amide bonds. The minimum atomic E-state index is -0.332. The molecule has 1 aromatic carbocycles. The highest BCUT2D eigenvalue weighted by Crippen LogP contribution is 2.31. The van der Waals surface area contributed by atoms with Crippen LogP contribution in [-0.2, 0) is 9.53 Å². The number of aromatic nitrogens is 2. The predicted octanol–water partition coefficient (Wildman–Crippen LogP) is 3.17. The smallest absolute Gasteiger partial charge is 0.318 e. The minimum Gasteiger partial charge on any atom is -0.468 e. The molecule has 0 N–H and O–H groups in total. The summed E-state index contributed by atoms with van der Waals surface area (Å²) in [7, 11) is 1.36. The van der Waals surface area contributed by atoms with Crippen LogP contribution in [-0.4, -0.2) is 40.1 Å². The van der Waals surface area contributed by atoms with Crippen molar-refractivity contribution < 1.29 is 14.3 Å². The van der Waals surface area contributed by atoms with Crippen LogP contribution in [0.4, 0.5) is 0 Å². The van der Waals surface area contributed by atoms with Gasteiger partial charge >= 0.3 is 5.97 Å². The van der Waals surface area contributed by atoms with Crippen LogP contribution in [0.25, 0.3) is 0 Å². The van der Waals surface area contributed by atoms with E-state index in [9.17, 15) is 9.59 Å². The van der Waals surface area contributed by atoms with Gasteiger partial charge in [0.05, 0.1) is 12.9 Å². The molecule has 1 heterocycles. The van der Waals surface area contributed by atoms with Crippen molar-refractivity contribution in [2.75, 3.05) is 12.9 Å². The van der Waals surface area contributed by atoms with Crippen LogP contribution in [0, 0.1) is 0 Å². The summed E-state index contributed by atoms with van der Waals surface area (Å²) in [6, 6.07) is 9.14. The third-order valence-corrected chi connectivity index (χ3v) is 5.84. The third-order valence-electron chi connectivity index (χ3n) is 2.62. The molecular formula is C14H14N2O3S3. The van der Waals surface area contributed by atoms with Crippen molar-refractivity contribution in [2.24, 2.45) is 0 Å². The first-order valence-corrected chi connectivity index (χ1v) is 9.07. The van der Waals surface area contributed by atoms with E-state index in [-0.39, 0.29) is 17.0 Å². The van der Waals surface area contributed by atoms with Gasteiger partial charge in [-0.3, -0.25) is 9.59 Å². The molecular weight excluding hydrogens is 340 g/mol. The second-order valence-corrected chi connectivity index (χ2v) is 7.98. The largest absolute Gasteiger partial charge is 0.468 e. The maximum absolute atomic E-state index is 12.0. The van der Waals surface area contributed by atoms with Crippen LogP contribution >= 0.6 is 34.9 Å². The summed E-state index contributed by atoms with van der Waals surface area (Å²) in [5.41, 5.74) is 0.688. The van der Waals surface area contributed by atoms with Crippen molar-refractivity contribution in [3.05, 3.63) is 35.9 Å². The Labute approximate surface area is 140 Å². The van der Waals surface area contributed by atoms with Gasteiger partial charge in [-0.05, 0) is 6.92 Å². The number of Topliss-reactive ketones (excluding diaryl/α,β-unsaturated/α-hetero) is 1. The maximum Gasteiger partial charge on any atom is 0.318 e. The molecule has 0 spiro atoms. The predicted molar refractivity (Wildman–Crippen MR) is 88.7 cm³/mol. The number of carbonyl (C=O) groups excluding carboxylic acids is 2. The Morgan fingerprint density at radius 2 is 1.91 bits per heavy atom. The Hall–Kier alpha value is -1.38. The molecule has 116 valence electrons. The van der Waals surface area contributed by atoms with E-state index in [0.29, 0.717) is 20.0 Å². The molecule has 22 heavy (non-hydrogen) atoms. The van der Waals surface area contributed by atoms with E-state index in [4.69, 9.17) is 0 Å². The van der Waals surface area contributed by atoms with Crippen LogP contribution < -0.4 is 0 Å². The molecule has 2 rings (SSSR count). The molecule has 1 aromatic heterocycles. The van der Waals surface area contributed by atoms with Crippen molar-refractivity contribution in [3.8, 4) is 0 Å². The van der Waals surface area contributed by atoms with Gasteiger partial charge in [0.15, 0.2) is 14.5 Å². The number of nitrogens with zero attached hydrogens (tertiary/aromatic N) is 2. The molecule has 2 aromatic rings. The molecule has 0 aliphatic heterocycles. The molecule has 5 nitrogen and oxygen atoms in total. The van der Waals surface area contributed by atoms with E-state index < -0.39 is 0 Å². The lowest BCUT2D eigenvalue weighted by Gasteiger charge is -2.04. The van der Waals surface area contributed by atoms with Gasteiger partial charge in [-0.1, -0.05) is 65.2 Å². The summed E-state index contributed by atoms with van der Waals surface area (Å²) >= 11 is 4.02. The fourth-order valence-electron chi connectivity index (χ4n) is 1.50. The molecule has 0 aliphatic carbocycles. The normalized spacial score (nSPS) is 11.9. The number of benzene rings is 1. The van der Waals surface area contributed by atoms with Crippen molar-refractivity contribution in [1.82, 2.24) is 10.2 Å². The number of rotatable bonds is 7. The van der Waals surface area contributed by atoms with Crippen molar-refractivity contribution in [2.45, 2.75) is 20.9 Å². The molecule has 1 atom stereocenters. The van der Waals surface area contributed by atoms with E-state index >= 15 is 0 Å². The Morgan fingerprint density at radius 1 is 1.23 bits per heavy atom. The summed E-state index contributed by atoms with van der Waals surface area (Å²) in [6.07, 6.45) is 0. The highest BCUT2D eigenvalue weighted by atomic mass is 32.2. The number of esters is 1. The lowest BCUT2D eigenvalue weighted by atomic mass is 10.2. The number of carbonyl (C=O) groups is 2. The lowest BCUT2D eigenvalue weighted by Crippen LogP contribution is -2.14. The minimum absolute atomic E-state index is 0.0536. The van der Waals surface area contributed by atoms with Crippen LogP contribution in [0.15, 0.2) is 39.0 Å². The second kappa shape index (κ2) is 8.30. The number of hydrogen-bond acceptors (Lipinski definition) is 8. The van der Waals surface area contributed by atoms with Gasteiger partial charge in [0.1, 0.15) is 5.25 Å². The van der Waals surface area contributed by atoms with E-state index in [0.717, 1.165) is 0 Å². The molecule has 0 saturated carbocycles. The van der Waals surface area contributed by atoms with Crippen molar-refractivity contribution >= 4 is 46.6 Å². The number of methoxy groups -OCH3 is 1. The average Bonchev–Trinajstić information content (AvgIpc) is 3.00. The molecule has 0 saturated heterocycles. The molecule has 0 fully saturated rings. The van der Waals surface area contributed by atoms with Crippen LogP contribution in [0.3, 0.4) is 0 Å². The second-order valence-electron chi connectivity index (χ2n) is 4.19. The van der Waals surface area contributed by atoms with Crippen molar-refractivity contribution in [3.63, 3.8) is 0 Å². The molecule has 0 radical (unpaired) electrons. The van der Waals surface area contributed by atoms with E-state index in [1.807, 2.05) is 18.2 Å². The van der Waals surface area contributed by atoms with Gasteiger partial charge in [0, 0.05) is 5.56 Å². The Kier molecular flexibility index (Phi) is 6.41. The van der Waals surface area contributed by atoms with Gasteiger partial charge in [-0.2, -0.15) is 0 Å².